The van der Waals surface area contributed by atoms with Crippen molar-refractivity contribution >= 4 is 44.8 Å². The Bertz CT molecular complexity index is 628. The van der Waals surface area contributed by atoms with E-state index in [4.69, 9.17) is 17.3 Å². The minimum atomic E-state index is -0.556. The average molecular weight is 344 g/mol. The lowest BCUT2D eigenvalue weighted by Crippen LogP contribution is -2.12. The van der Waals surface area contributed by atoms with Crippen LogP contribution < -0.4 is 11.1 Å². The molecule has 0 atom stereocenters. The molecule has 2 rings (SSSR count). The molecule has 0 aliphatic carbocycles. The Morgan fingerprint density at radius 2 is 2.00 bits per heavy atom. The first-order valence-electron chi connectivity index (χ1n) is 5.28. The van der Waals surface area contributed by atoms with Crippen LogP contribution in [-0.4, -0.2) is 5.91 Å². The molecule has 2 aromatic carbocycles. The maximum atomic E-state index is 13.2. The summed E-state index contributed by atoms with van der Waals surface area (Å²) in [6, 6.07) is 8.64. The summed E-state index contributed by atoms with van der Waals surface area (Å²) in [7, 11) is 0. The van der Waals surface area contributed by atoms with Gasteiger partial charge in [0.05, 0.1) is 5.02 Å². The van der Waals surface area contributed by atoms with Crippen LogP contribution in [0.2, 0.25) is 5.02 Å². The number of amides is 1. The number of nitrogens with one attached hydrogen (secondary N) is 1. The molecule has 6 heteroatoms. The number of hydrogen-bond acceptors (Lipinski definition) is 2. The van der Waals surface area contributed by atoms with Gasteiger partial charge in [-0.3, -0.25) is 4.79 Å². The van der Waals surface area contributed by atoms with Gasteiger partial charge < -0.3 is 11.1 Å². The normalized spacial score (nSPS) is 10.3. The van der Waals surface area contributed by atoms with Crippen molar-refractivity contribution in [3.8, 4) is 0 Å². The van der Waals surface area contributed by atoms with E-state index in [9.17, 15) is 9.18 Å². The smallest absolute Gasteiger partial charge is 0.255 e. The number of benzene rings is 2. The molecule has 0 aliphatic rings. The predicted molar refractivity (Wildman–Crippen MR) is 77.9 cm³/mol. The van der Waals surface area contributed by atoms with E-state index in [0.717, 1.165) is 16.6 Å². The number of carbonyl (C=O) groups excluding carboxylic acids is 1. The maximum absolute atomic E-state index is 13.2. The molecule has 3 nitrogen and oxygen atoms in total. The standard InChI is InChI=1S/C13H9BrClFN2O/c14-11-2-1-10(6-12(11)15)18-13(19)7-3-8(16)5-9(17)4-7/h1-6H,17H2,(H,18,19). The van der Waals surface area contributed by atoms with Crippen LogP contribution in [0, 0.1) is 5.82 Å². The molecule has 0 fully saturated rings. The summed E-state index contributed by atoms with van der Waals surface area (Å²) < 4.78 is 13.9. The molecule has 1 amide bonds. The Morgan fingerprint density at radius 3 is 2.63 bits per heavy atom. The highest BCUT2D eigenvalue weighted by Crippen LogP contribution is 2.25. The lowest BCUT2D eigenvalue weighted by atomic mass is 10.2. The molecule has 0 saturated heterocycles. The van der Waals surface area contributed by atoms with Crippen molar-refractivity contribution in [2.45, 2.75) is 0 Å². The molecule has 0 aromatic heterocycles. The van der Waals surface area contributed by atoms with Gasteiger partial charge >= 0.3 is 0 Å². The van der Waals surface area contributed by atoms with Gasteiger partial charge in [-0.05, 0) is 52.3 Å². The first kappa shape index (κ1) is 13.8. The molecular formula is C13H9BrClFN2O. The summed E-state index contributed by atoms with van der Waals surface area (Å²) in [6.45, 7) is 0. The molecule has 0 heterocycles. The molecule has 98 valence electrons. The Balaban J connectivity index is 2.22. The molecule has 0 saturated carbocycles. The van der Waals surface area contributed by atoms with Crippen molar-refractivity contribution in [2.24, 2.45) is 0 Å². The van der Waals surface area contributed by atoms with Crippen LogP contribution in [0.4, 0.5) is 15.8 Å². The summed E-state index contributed by atoms with van der Waals surface area (Å²) in [5.74, 6) is -1.01. The topological polar surface area (TPSA) is 55.1 Å². The Hall–Kier alpha value is -1.59. The van der Waals surface area contributed by atoms with Crippen LogP contribution >= 0.6 is 27.5 Å². The third-order valence-electron chi connectivity index (χ3n) is 2.36. The zero-order valence-corrected chi connectivity index (χ0v) is 11.9. The van der Waals surface area contributed by atoms with Gasteiger partial charge in [-0.2, -0.15) is 0 Å². The largest absolute Gasteiger partial charge is 0.399 e. The van der Waals surface area contributed by atoms with Gasteiger partial charge in [0, 0.05) is 21.4 Å². The van der Waals surface area contributed by atoms with Crippen molar-refractivity contribution in [2.75, 3.05) is 11.1 Å². The maximum Gasteiger partial charge on any atom is 0.255 e. The lowest BCUT2D eigenvalue weighted by Gasteiger charge is -2.07. The predicted octanol–water partition coefficient (Wildman–Crippen LogP) is 4.08. The van der Waals surface area contributed by atoms with Crippen LogP contribution in [0.15, 0.2) is 40.9 Å². The second-order valence-electron chi connectivity index (χ2n) is 3.86. The van der Waals surface area contributed by atoms with Gasteiger partial charge in [0.2, 0.25) is 0 Å². The van der Waals surface area contributed by atoms with Crippen molar-refractivity contribution in [3.63, 3.8) is 0 Å². The van der Waals surface area contributed by atoms with E-state index in [1.54, 1.807) is 18.2 Å². The van der Waals surface area contributed by atoms with Gasteiger partial charge in [-0.25, -0.2) is 4.39 Å². The van der Waals surface area contributed by atoms with Gasteiger partial charge in [0.1, 0.15) is 5.82 Å². The number of nitrogen functional groups attached to an aromatic ring is 1. The molecule has 0 radical (unpaired) electrons. The summed E-state index contributed by atoms with van der Waals surface area (Å²) in [4.78, 5) is 11.9. The Morgan fingerprint density at radius 1 is 1.26 bits per heavy atom. The highest BCUT2D eigenvalue weighted by molar-refractivity contribution is 9.10. The summed E-state index contributed by atoms with van der Waals surface area (Å²) >= 11 is 9.16. The summed E-state index contributed by atoms with van der Waals surface area (Å²) in [5.41, 5.74) is 6.35. The molecule has 19 heavy (non-hydrogen) atoms. The fraction of sp³-hybridized carbons (Fsp3) is 0. The average Bonchev–Trinajstić information content (AvgIpc) is 2.32. The highest BCUT2D eigenvalue weighted by Gasteiger charge is 2.09. The highest BCUT2D eigenvalue weighted by atomic mass is 79.9. The zero-order valence-electron chi connectivity index (χ0n) is 9.58. The van der Waals surface area contributed by atoms with E-state index >= 15 is 0 Å². The van der Waals surface area contributed by atoms with E-state index in [0.29, 0.717) is 10.7 Å². The number of hydrogen-bond donors (Lipinski definition) is 2. The number of nitrogens with two attached hydrogens (primary N) is 1. The third-order valence-corrected chi connectivity index (χ3v) is 3.59. The fourth-order valence-corrected chi connectivity index (χ4v) is 1.95. The van der Waals surface area contributed by atoms with E-state index in [2.05, 4.69) is 21.2 Å². The first-order valence-corrected chi connectivity index (χ1v) is 6.45. The van der Waals surface area contributed by atoms with Crippen LogP contribution in [-0.2, 0) is 0 Å². The van der Waals surface area contributed by atoms with Crippen LogP contribution in [0.3, 0.4) is 0 Å². The minimum absolute atomic E-state index is 0.150. The van der Waals surface area contributed by atoms with Gasteiger partial charge in [-0.1, -0.05) is 11.6 Å². The van der Waals surface area contributed by atoms with E-state index < -0.39 is 11.7 Å². The minimum Gasteiger partial charge on any atom is -0.399 e. The molecule has 0 spiro atoms. The van der Waals surface area contributed by atoms with Crippen molar-refractivity contribution in [1.29, 1.82) is 0 Å². The Kier molecular flexibility index (Phi) is 4.07. The number of halogens is 3. The first-order chi connectivity index (χ1) is 8.95. The summed E-state index contributed by atoms with van der Waals surface area (Å²) in [5, 5.41) is 3.08. The molecular weight excluding hydrogens is 335 g/mol. The molecule has 0 bridgehead atoms. The van der Waals surface area contributed by atoms with Crippen molar-refractivity contribution < 1.29 is 9.18 Å². The number of anilines is 2. The number of carbonyl (C=O) groups is 1. The van der Waals surface area contributed by atoms with Crippen molar-refractivity contribution in [3.05, 3.63) is 57.3 Å². The van der Waals surface area contributed by atoms with E-state index in [1.165, 1.54) is 6.07 Å². The van der Waals surface area contributed by atoms with E-state index in [1.807, 2.05) is 0 Å². The quantitative estimate of drug-likeness (QED) is 0.807. The summed E-state index contributed by atoms with van der Waals surface area (Å²) in [6.07, 6.45) is 0. The fourth-order valence-electron chi connectivity index (χ4n) is 1.52. The van der Waals surface area contributed by atoms with Crippen LogP contribution in [0.1, 0.15) is 10.4 Å². The van der Waals surface area contributed by atoms with Gasteiger partial charge in [-0.15, -0.1) is 0 Å². The third kappa shape index (κ3) is 3.45. The second kappa shape index (κ2) is 5.59. The van der Waals surface area contributed by atoms with Crippen LogP contribution in [0.25, 0.3) is 0 Å². The molecule has 3 N–H and O–H groups in total. The van der Waals surface area contributed by atoms with Crippen molar-refractivity contribution in [1.82, 2.24) is 0 Å². The zero-order chi connectivity index (χ0) is 14.0. The van der Waals surface area contributed by atoms with E-state index in [-0.39, 0.29) is 11.3 Å². The van der Waals surface area contributed by atoms with Gasteiger partial charge in [0.15, 0.2) is 0 Å². The van der Waals surface area contributed by atoms with Gasteiger partial charge in [0.25, 0.3) is 5.91 Å². The monoisotopic (exact) mass is 342 g/mol. The molecule has 0 unspecified atom stereocenters. The Labute approximate surface area is 122 Å². The lowest BCUT2D eigenvalue weighted by molar-refractivity contribution is 0.102. The molecule has 0 aliphatic heterocycles. The molecule has 2 aromatic rings. The number of rotatable bonds is 2. The SMILES string of the molecule is Nc1cc(F)cc(C(=O)Nc2ccc(Br)c(Cl)c2)c1. The van der Waals surface area contributed by atoms with Crippen LogP contribution in [0.5, 0.6) is 0 Å². The second-order valence-corrected chi connectivity index (χ2v) is 5.12.